The van der Waals surface area contributed by atoms with Gasteiger partial charge in [-0.3, -0.25) is 4.79 Å². The first-order chi connectivity index (χ1) is 13.5. The third-order valence-corrected chi connectivity index (χ3v) is 4.06. The summed E-state index contributed by atoms with van der Waals surface area (Å²) in [6.07, 6.45) is 0.633. The third-order valence-electron chi connectivity index (χ3n) is 4.06. The number of hydrogen-bond acceptors (Lipinski definition) is 5. The molecule has 0 fully saturated rings. The lowest BCUT2D eigenvalue weighted by Crippen LogP contribution is -2.32. The van der Waals surface area contributed by atoms with E-state index in [1.54, 1.807) is 37.4 Å². The van der Waals surface area contributed by atoms with Crippen LogP contribution in [0.25, 0.3) is 0 Å². The fourth-order valence-electron chi connectivity index (χ4n) is 2.61. The van der Waals surface area contributed by atoms with Gasteiger partial charge in [0.05, 0.1) is 19.8 Å². The molecular weight excluding hydrogens is 360 g/mol. The zero-order valence-electron chi connectivity index (χ0n) is 16.1. The number of carbonyl (C=O) groups is 2. The number of esters is 1. The third kappa shape index (κ3) is 7.28. The Labute approximate surface area is 164 Å². The molecule has 0 aliphatic heterocycles. The van der Waals surface area contributed by atoms with Gasteiger partial charge in [-0.2, -0.15) is 0 Å². The summed E-state index contributed by atoms with van der Waals surface area (Å²) in [5.41, 5.74) is 2.38. The van der Waals surface area contributed by atoms with Crippen LogP contribution < -0.4 is 15.4 Å². The first-order valence-electron chi connectivity index (χ1n) is 9.07. The Hall–Kier alpha value is -3.06. The topological polar surface area (TPSA) is 96.9 Å². The number of benzene rings is 2. The molecule has 0 aliphatic carbocycles. The van der Waals surface area contributed by atoms with Crippen molar-refractivity contribution in [1.29, 1.82) is 0 Å². The molecule has 0 saturated carbocycles. The van der Waals surface area contributed by atoms with E-state index in [4.69, 9.17) is 9.47 Å². The van der Waals surface area contributed by atoms with Crippen molar-refractivity contribution >= 4 is 17.7 Å². The summed E-state index contributed by atoms with van der Waals surface area (Å²) in [6, 6.07) is 14.1. The van der Waals surface area contributed by atoms with E-state index in [0.29, 0.717) is 30.0 Å². The van der Waals surface area contributed by atoms with E-state index in [-0.39, 0.29) is 12.5 Å². The summed E-state index contributed by atoms with van der Waals surface area (Å²) < 4.78 is 9.99. The Morgan fingerprint density at radius 2 is 1.89 bits per heavy atom. The van der Waals surface area contributed by atoms with Crippen molar-refractivity contribution < 1.29 is 24.2 Å². The van der Waals surface area contributed by atoms with E-state index in [9.17, 15) is 14.7 Å². The molecule has 0 radical (unpaired) electrons. The highest BCUT2D eigenvalue weighted by Crippen LogP contribution is 2.17. The minimum atomic E-state index is -0.815. The van der Waals surface area contributed by atoms with Crippen molar-refractivity contribution in [3.63, 3.8) is 0 Å². The molecule has 0 aliphatic rings. The highest BCUT2D eigenvalue weighted by Gasteiger charge is 2.10. The summed E-state index contributed by atoms with van der Waals surface area (Å²) >= 11 is 0. The Bertz CT molecular complexity index is 777. The van der Waals surface area contributed by atoms with Crippen LogP contribution in [0.2, 0.25) is 0 Å². The van der Waals surface area contributed by atoms with E-state index in [0.717, 1.165) is 12.0 Å². The Morgan fingerprint density at radius 3 is 2.57 bits per heavy atom. The lowest BCUT2D eigenvalue weighted by atomic mass is 10.1. The number of anilines is 1. The normalized spacial score (nSPS) is 11.4. The molecule has 28 heavy (non-hydrogen) atoms. The van der Waals surface area contributed by atoms with Crippen molar-refractivity contribution in [3.8, 4) is 5.75 Å². The largest absolute Gasteiger partial charge is 0.497 e. The average Bonchev–Trinajstić information content (AvgIpc) is 2.69. The van der Waals surface area contributed by atoms with Crippen molar-refractivity contribution in [2.45, 2.75) is 25.9 Å². The van der Waals surface area contributed by atoms with E-state index in [1.165, 1.54) is 6.92 Å². The van der Waals surface area contributed by atoms with E-state index < -0.39 is 12.1 Å². The number of rotatable bonds is 9. The lowest BCUT2D eigenvalue weighted by Gasteiger charge is -2.14. The molecule has 0 bridgehead atoms. The smallest absolute Gasteiger partial charge is 0.319 e. The molecule has 0 saturated heterocycles. The number of aliphatic hydroxyl groups excluding tert-OH is 1. The summed E-state index contributed by atoms with van der Waals surface area (Å²) in [7, 11) is 1.58. The summed E-state index contributed by atoms with van der Waals surface area (Å²) in [5, 5.41) is 15.6. The summed E-state index contributed by atoms with van der Waals surface area (Å²) in [6.45, 7) is 1.84. The van der Waals surface area contributed by atoms with Gasteiger partial charge in [-0.15, -0.1) is 0 Å². The number of methoxy groups -OCH3 is 1. The number of nitrogens with one attached hydrogen (secondary N) is 2. The van der Waals surface area contributed by atoms with Gasteiger partial charge in [0.2, 0.25) is 0 Å². The number of urea groups is 1. The molecule has 0 spiro atoms. The number of aliphatic hydroxyl groups is 1. The zero-order valence-corrected chi connectivity index (χ0v) is 16.1. The van der Waals surface area contributed by atoms with E-state index >= 15 is 0 Å². The van der Waals surface area contributed by atoms with E-state index in [2.05, 4.69) is 10.6 Å². The zero-order chi connectivity index (χ0) is 20.4. The van der Waals surface area contributed by atoms with Gasteiger partial charge in [-0.1, -0.05) is 24.3 Å². The maximum atomic E-state index is 12.1. The molecular formula is C21H26N2O5. The minimum Gasteiger partial charge on any atom is -0.497 e. The SMILES string of the molecule is COc1ccc([C@@H](O)CNC(=O)Nc2cccc(CCCOC(C)=O)c2)cc1. The second kappa shape index (κ2) is 10.9. The molecule has 0 heterocycles. The van der Waals surface area contributed by atoms with Crippen LogP contribution in [0.15, 0.2) is 48.5 Å². The van der Waals surface area contributed by atoms with Crippen LogP contribution in [0.4, 0.5) is 10.5 Å². The Balaban J connectivity index is 1.78. The van der Waals surface area contributed by atoms with Gasteiger partial charge in [-0.25, -0.2) is 4.79 Å². The molecule has 2 aromatic carbocycles. The van der Waals surface area contributed by atoms with Gasteiger partial charge in [-0.05, 0) is 48.2 Å². The second-order valence-electron chi connectivity index (χ2n) is 6.27. The monoisotopic (exact) mass is 386 g/mol. The highest BCUT2D eigenvalue weighted by atomic mass is 16.5. The quantitative estimate of drug-likeness (QED) is 0.455. The first kappa shape index (κ1) is 21.2. The molecule has 7 nitrogen and oxygen atoms in total. The molecule has 3 N–H and O–H groups in total. The van der Waals surface area contributed by atoms with E-state index in [1.807, 2.05) is 18.2 Å². The van der Waals surface area contributed by atoms with Crippen LogP contribution in [0.5, 0.6) is 5.75 Å². The fourth-order valence-corrected chi connectivity index (χ4v) is 2.61. The molecule has 7 heteroatoms. The average molecular weight is 386 g/mol. The number of ether oxygens (including phenoxy) is 2. The standard InChI is InChI=1S/C21H26N2O5/c1-15(24)28-12-4-6-16-5-3-7-18(13-16)23-21(26)22-14-20(25)17-8-10-19(27-2)11-9-17/h3,5,7-11,13,20,25H,4,6,12,14H2,1-2H3,(H2,22,23,26)/t20-/m0/s1. The minimum absolute atomic E-state index is 0.0836. The lowest BCUT2D eigenvalue weighted by molar-refractivity contribution is -0.141. The maximum absolute atomic E-state index is 12.1. The molecule has 2 aromatic rings. The number of aryl methyl sites for hydroxylation is 1. The molecule has 2 rings (SSSR count). The van der Waals surface area contributed by atoms with Crippen LogP contribution in [0, 0.1) is 0 Å². The van der Waals surface area contributed by atoms with Crippen LogP contribution >= 0.6 is 0 Å². The fraction of sp³-hybridized carbons (Fsp3) is 0.333. The van der Waals surface area contributed by atoms with Gasteiger partial charge in [0.15, 0.2) is 0 Å². The molecule has 2 amide bonds. The van der Waals surface area contributed by atoms with Gasteiger partial charge in [0.25, 0.3) is 0 Å². The Morgan fingerprint density at radius 1 is 1.14 bits per heavy atom. The number of carbonyl (C=O) groups excluding carboxylic acids is 2. The van der Waals surface area contributed by atoms with Crippen LogP contribution in [-0.4, -0.2) is 37.4 Å². The predicted octanol–water partition coefficient (Wildman–Crippen LogP) is 3.05. The van der Waals surface area contributed by atoms with Crippen molar-refractivity contribution in [3.05, 3.63) is 59.7 Å². The van der Waals surface area contributed by atoms with Crippen LogP contribution in [0.3, 0.4) is 0 Å². The van der Waals surface area contributed by atoms with Gasteiger partial charge < -0.3 is 25.2 Å². The van der Waals surface area contributed by atoms with Gasteiger partial charge >= 0.3 is 12.0 Å². The van der Waals surface area contributed by atoms with Gasteiger partial charge in [0, 0.05) is 19.2 Å². The molecule has 1 atom stereocenters. The maximum Gasteiger partial charge on any atom is 0.319 e. The Kier molecular flexibility index (Phi) is 8.30. The van der Waals surface area contributed by atoms with Gasteiger partial charge in [0.1, 0.15) is 5.75 Å². The number of hydrogen-bond donors (Lipinski definition) is 3. The first-order valence-corrected chi connectivity index (χ1v) is 9.07. The molecule has 150 valence electrons. The summed E-state index contributed by atoms with van der Waals surface area (Å²) in [5.74, 6) is 0.415. The predicted molar refractivity (Wildman–Crippen MR) is 106 cm³/mol. The second-order valence-corrected chi connectivity index (χ2v) is 6.27. The summed E-state index contributed by atoms with van der Waals surface area (Å²) in [4.78, 5) is 22.8. The van der Waals surface area contributed by atoms with Crippen molar-refractivity contribution in [2.24, 2.45) is 0 Å². The molecule has 0 aromatic heterocycles. The van der Waals surface area contributed by atoms with Crippen LogP contribution in [0.1, 0.15) is 30.6 Å². The highest BCUT2D eigenvalue weighted by molar-refractivity contribution is 5.89. The van der Waals surface area contributed by atoms with Crippen molar-refractivity contribution in [2.75, 3.05) is 25.6 Å². The number of amides is 2. The van der Waals surface area contributed by atoms with Crippen LogP contribution in [-0.2, 0) is 16.0 Å². The van der Waals surface area contributed by atoms with Crippen molar-refractivity contribution in [1.82, 2.24) is 5.32 Å². The molecule has 0 unspecified atom stereocenters.